The largest absolute Gasteiger partial charge is 0.482 e. The van der Waals surface area contributed by atoms with Crippen molar-refractivity contribution >= 4 is 29.3 Å². The summed E-state index contributed by atoms with van der Waals surface area (Å²) in [6.45, 7) is 3.84. The SMILES string of the molecule is CC(C)C(C(=O)OC(C#N)c1cccc(OCSC#N)c1)c1ccc(Cl)cc1. The van der Waals surface area contributed by atoms with Crippen LogP contribution in [-0.2, 0) is 9.53 Å². The number of halogens is 1. The monoisotopic (exact) mass is 414 g/mol. The summed E-state index contributed by atoms with van der Waals surface area (Å²) in [5.41, 5.74) is 1.29. The molecule has 0 fully saturated rings. The van der Waals surface area contributed by atoms with E-state index in [2.05, 4.69) is 0 Å². The van der Waals surface area contributed by atoms with Gasteiger partial charge in [0.2, 0.25) is 6.10 Å². The molecule has 0 amide bonds. The van der Waals surface area contributed by atoms with Crippen molar-refractivity contribution < 1.29 is 14.3 Å². The van der Waals surface area contributed by atoms with Gasteiger partial charge in [-0.25, -0.2) is 0 Å². The van der Waals surface area contributed by atoms with Crippen LogP contribution in [0.5, 0.6) is 5.75 Å². The fourth-order valence-corrected chi connectivity index (χ4v) is 3.09. The molecule has 2 unspecified atom stereocenters. The molecule has 7 heteroatoms. The van der Waals surface area contributed by atoms with Crippen molar-refractivity contribution in [3.63, 3.8) is 0 Å². The lowest BCUT2D eigenvalue weighted by molar-refractivity contribution is -0.150. The van der Waals surface area contributed by atoms with Gasteiger partial charge in [0.05, 0.1) is 5.92 Å². The molecule has 28 heavy (non-hydrogen) atoms. The average molecular weight is 415 g/mol. The summed E-state index contributed by atoms with van der Waals surface area (Å²) in [6, 6.07) is 15.8. The number of hydrogen-bond donors (Lipinski definition) is 0. The summed E-state index contributed by atoms with van der Waals surface area (Å²) in [5, 5.41) is 20.6. The molecular weight excluding hydrogens is 396 g/mol. The number of benzene rings is 2. The molecule has 2 atom stereocenters. The first-order chi connectivity index (χ1) is 13.5. The van der Waals surface area contributed by atoms with Gasteiger partial charge in [0.1, 0.15) is 23.2 Å². The Morgan fingerprint density at radius 3 is 2.46 bits per heavy atom. The number of thioether (sulfide) groups is 1. The van der Waals surface area contributed by atoms with Gasteiger partial charge in [-0.2, -0.15) is 10.5 Å². The van der Waals surface area contributed by atoms with Crippen LogP contribution in [0.4, 0.5) is 0 Å². The number of ether oxygens (including phenoxy) is 2. The molecule has 0 saturated heterocycles. The molecule has 0 bridgehead atoms. The quantitative estimate of drug-likeness (QED) is 0.247. The van der Waals surface area contributed by atoms with Crippen LogP contribution in [0.3, 0.4) is 0 Å². The van der Waals surface area contributed by atoms with Crippen LogP contribution in [-0.4, -0.2) is 11.9 Å². The Morgan fingerprint density at radius 1 is 1.14 bits per heavy atom. The predicted molar refractivity (Wildman–Crippen MR) is 109 cm³/mol. The Bertz CT molecular complexity index is 888. The van der Waals surface area contributed by atoms with Gasteiger partial charge >= 0.3 is 5.97 Å². The van der Waals surface area contributed by atoms with Crippen LogP contribution in [0.25, 0.3) is 0 Å². The van der Waals surface area contributed by atoms with Crippen molar-refractivity contribution in [2.24, 2.45) is 5.92 Å². The van der Waals surface area contributed by atoms with Crippen LogP contribution in [0, 0.1) is 27.9 Å². The summed E-state index contributed by atoms with van der Waals surface area (Å²) in [7, 11) is 0. The minimum absolute atomic E-state index is 0.0225. The maximum absolute atomic E-state index is 12.8. The molecule has 0 aromatic heterocycles. The zero-order valence-electron chi connectivity index (χ0n) is 15.5. The van der Waals surface area contributed by atoms with Crippen LogP contribution < -0.4 is 4.74 Å². The van der Waals surface area contributed by atoms with Gasteiger partial charge in [-0.05, 0) is 47.5 Å². The lowest BCUT2D eigenvalue weighted by atomic mass is 9.88. The number of carbonyl (C=O) groups excluding carboxylic acids is 1. The van der Waals surface area contributed by atoms with E-state index in [9.17, 15) is 10.1 Å². The molecule has 0 saturated carbocycles. The Balaban J connectivity index is 2.17. The van der Waals surface area contributed by atoms with Gasteiger partial charge in [0, 0.05) is 10.6 Å². The number of esters is 1. The molecular formula is C21H19ClN2O3S. The zero-order chi connectivity index (χ0) is 20.5. The highest BCUT2D eigenvalue weighted by atomic mass is 35.5. The van der Waals surface area contributed by atoms with Gasteiger partial charge in [0.15, 0.2) is 0 Å². The average Bonchev–Trinajstić information content (AvgIpc) is 2.68. The minimum atomic E-state index is -1.06. The van der Waals surface area contributed by atoms with Crippen molar-refractivity contribution in [3.8, 4) is 17.2 Å². The maximum Gasteiger partial charge on any atom is 0.315 e. The third-order valence-corrected chi connectivity index (χ3v) is 4.63. The van der Waals surface area contributed by atoms with Crippen molar-refractivity contribution in [1.29, 1.82) is 10.5 Å². The molecule has 0 radical (unpaired) electrons. The number of carbonyl (C=O) groups is 1. The summed E-state index contributed by atoms with van der Waals surface area (Å²) < 4.78 is 11.0. The minimum Gasteiger partial charge on any atom is -0.482 e. The first-order valence-electron chi connectivity index (χ1n) is 8.55. The lowest BCUT2D eigenvalue weighted by Crippen LogP contribution is -2.22. The van der Waals surface area contributed by atoms with E-state index in [-0.39, 0.29) is 11.9 Å². The second-order valence-corrected chi connectivity index (χ2v) is 7.43. The molecule has 5 nitrogen and oxygen atoms in total. The predicted octanol–water partition coefficient (Wildman–Crippen LogP) is 5.44. The third kappa shape index (κ3) is 5.92. The summed E-state index contributed by atoms with van der Waals surface area (Å²) in [4.78, 5) is 12.8. The highest BCUT2D eigenvalue weighted by Crippen LogP contribution is 2.30. The molecule has 144 valence electrons. The van der Waals surface area contributed by atoms with Gasteiger partial charge in [0.25, 0.3) is 0 Å². The van der Waals surface area contributed by atoms with Crippen LogP contribution in [0.1, 0.15) is 37.0 Å². The van der Waals surface area contributed by atoms with Gasteiger partial charge < -0.3 is 9.47 Å². The van der Waals surface area contributed by atoms with E-state index in [0.29, 0.717) is 16.3 Å². The van der Waals surface area contributed by atoms with Crippen LogP contribution in [0.2, 0.25) is 5.02 Å². The molecule has 0 N–H and O–H groups in total. The highest BCUT2D eigenvalue weighted by Gasteiger charge is 2.28. The molecule has 2 aromatic carbocycles. The second kappa shape index (κ2) is 10.6. The van der Waals surface area contributed by atoms with E-state index in [1.165, 1.54) is 0 Å². The molecule has 0 aliphatic heterocycles. The number of hydrogen-bond acceptors (Lipinski definition) is 6. The zero-order valence-corrected chi connectivity index (χ0v) is 17.0. The highest BCUT2D eigenvalue weighted by molar-refractivity contribution is 8.03. The van der Waals surface area contributed by atoms with Crippen molar-refractivity contribution in [3.05, 3.63) is 64.7 Å². The molecule has 0 aliphatic rings. The number of nitriles is 2. The Hall–Kier alpha value is -2.67. The van der Waals surface area contributed by atoms with Gasteiger partial charge in [-0.1, -0.05) is 49.7 Å². The topological polar surface area (TPSA) is 83.1 Å². The fraction of sp³-hybridized carbons (Fsp3) is 0.286. The Kier molecular flexibility index (Phi) is 8.19. The summed E-state index contributed by atoms with van der Waals surface area (Å²) >= 11 is 6.90. The Labute approximate surface area is 173 Å². The standard InChI is InChI=1S/C21H19ClN2O3S/c1-14(2)20(15-6-8-17(22)9-7-15)21(25)27-19(11-23)16-4-3-5-18(10-16)26-13-28-12-24/h3-10,14,19-20H,13H2,1-2H3. The molecule has 0 aliphatic carbocycles. The lowest BCUT2D eigenvalue weighted by Gasteiger charge is -2.22. The van der Waals surface area contributed by atoms with Crippen molar-refractivity contribution in [2.45, 2.75) is 25.9 Å². The first kappa shape index (κ1) is 21.6. The third-order valence-electron chi connectivity index (χ3n) is 4.01. The number of thiocyanates is 1. The van der Waals surface area contributed by atoms with Gasteiger partial charge in [-0.3, -0.25) is 4.79 Å². The summed E-state index contributed by atoms with van der Waals surface area (Å²) in [5.74, 6) is -0.349. The van der Waals surface area contributed by atoms with Crippen molar-refractivity contribution in [1.82, 2.24) is 0 Å². The fourth-order valence-electron chi connectivity index (χ4n) is 2.71. The van der Waals surface area contributed by atoms with E-state index in [1.807, 2.05) is 25.3 Å². The molecule has 2 rings (SSSR count). The van der Waals surface area contributed by atoms with E-state index in [4.69, 9.17) is 26.3 Å². The van der Waals surface area contributed by atoms with E-state index < -0.39 is 18.0 Å². The smallest absolute Gasteiger partial charge is 0.315 e. The van der Waals surface area contributed by atoms with E-state index >= 15 is 0 Å². The first-order valence-corrected chi connectivity index (χ1v) is 9.91. The maximum atomic E-state index is 12.8. The summed E-state index contributed by atoms with van der Waals surface area (Å²) in [6.07, 6.45) is -1.06. The Morgan fingerprint density at radius 2 is 1.86 bits per heavy atom. The van der Waals surface area contributed by atoms with Crippen molar-refractivity contribution in [2.75, 3.05) is 5.94 Å². The molecule has 2 aromatic rings. The normalized spacial score (nSPS) is 12.5. The number of rotatable bonds is 8. The van der Waals surface area contributed by atoms with E-state index in [0.717, 1.165) is 17.3 Å². The molecule has 0 heterocycles. The number of nitrogens with zero attached hydrogens (tertiary/aromatic N) is 2. The van der Waals surface area contributed by atoms with Crippen LogP contribution in [0.15, 0.2) is 48.5 Å². The second-order valence-electron chi connectivity index (χ2n) is 6.29. The molecule has 0 spiro atoms. The van der Waals surface area contributed by atoms with Crippen LogP contribution >= 0.6 is 23.4 Å². The van der Waals surface area contributed by atoms with Gasteiger partial charge in [-0.15, -0.1) is 0 Å². The van der Waals surface area contributed by atoms with E-state index in [1.54, 1.807) is 48.5 Å².